The van der Waals surface area contributed by atoms with Gasteiger partial charge >= 0.3 is 0 Å². The lowest BCUT2D eigenvalue weighted by Gasteiger charge is -2.17. The SMILES string of the molecule is CCCNC(Cc1csc(C)n1)c1ccc(F)cn1. The first-order chi connectivity index (χ1) is 9.19. The van der Waals surface area contributed by atoms with Crippen LogP contribution >= 0.6 is 11.3 Å². The summed E-state index contributed by atoms with van der Waals surface area (Å²) in [7, 11) is 0. The zero-order chi connectivity index (χ0) is 13.7. The molecule has 0 saturated carbocycles. The van der Waals surface area contributed by atoms with Gasteiger partial charge in [0.2, 0.25) is 0 Å². The lowest BCUT2D eigenvalue weighted by Crippen LogP contribution is -2.25. The number of hydrogen-bond donors (Lipinski definition) is 1. The van der Waals surface area contributed by atoms with Crippen LogP contribution in [0, 0.1) is 12.7 Å². The first kappa shape index (κ1) is 14.1. The van der Waals surface area contributed by atoms with Crippen LogP contribution in [0.5, 0.6) is 0 Å². The molecule has 2 aromatic heterocycles. The molecule has 3 nitrogen and oxygen atoms in total. The van der Waals surface area contributed by atoms with Gasteiger partial charge in [0.25, 0.3) is 0 Å². The summed E-state index contributed by atoms with van der Waals surface area (Å²) in [6.07, 6.45) is 3.10. The number of halogens is 1. The van der Waals surface area contributed by atoms with Crippen molar-refractivity contribution >= 4 is 11.3 Å². The van der Waals surface area contributed by atoms with Crippen LogP contribution in [0.4, 0.5) is 4.39 Å². The molecule has 0 amide bonds. The molecule has 0 bridgehead atoms. The van der Waals surface area contributed by atoms with Crippen molar-refractivity contribution in [1.82, 2.24) is 15.3 Å². The molecule has 1 atom stereocenters. The van der Waals surface area contributed by atoms with Gasteiger partial charge in [0.1, 0.15) is 5.82 Å². The Labute approximate surface area is 116 Å². The predicted octanol–water partition coefficient (Wildman–Crippen LogP) is 3.27. The summed E-state index contributed by atoms with van der Waals surface area (Å²) in [5, 5.41) is 6.58. The summed E-state index contributed by atoms with van der Waals surface area (Å²) in [5.74, 6) is -0.303. The third-order valence-electron chi connectivity index (χ3n) is 2.83. The van der Waals surface area contributed by atoms with Crippen LogP contribution in [0.1, 0.15) is 35.8 Å². The maximum Gasteiger partial charge on any atom is 0.141 e. The van der Waals surface area contributed by atoms with E-state index in [4.69, 9.17) is 0 Å². The number of nitrogens with zero attached hydrogens (tertiary/aromatic N) is 2. The van der Waals surface area contributed by atoms with Crippen molar-refractivity contribution in [2.75, 3.05) is 6.54 Å². The molecule has 0 aliphatic heterocycles. The van der Waals surface area contributed by atoms with Gasteiger partial charge in [-0.1, -0.05) is 6.92 Å². The Kier molecular flexibility index (Phi) is 4.99. The molecule has 2 rings (SSSR count). The summed E-state index contributed by atoms with van der Waals surface area (Å²) in [6.45, 7) is 5.03. The van der Waals surface area contributed by atoms with Crippen molar-refractivity contribution in [2.45, 2.75) is 32.7 Å². The van der Waals surface area contributed by atoms with E-state index in [0.717, 1.165) is 35.8 Å². The minimum absolute atomic E-state index is 0.0852. The molecule has 2 heterocycles. The van der Waals surface area contributed by atoms with Crippen molar-refractivity contribution in [3.8, 4) is 0 Å². The van der Waals surface area contributed by atoms with Gasteiger partial charge < -0.3 is 5.32 Å². The van der Waals surface area contributed by atoms with Gasteiger partial charge in [0.05, 0.1) is 28.6 Å². The maximum atomic E-state index is 12.9. The van der Waals surface area contributed by atoms with Crippen LogP contribution in [0.2, 0.25) is 0 Å². The molecular formula is C14H18FN3S. The second-order valence-electron chi connectivity index (χ2n) is 4.47. The normalized spacial score (nSPS) is 12.6. The lowest BCUT2D eigenvalue weighted by molar-refractivity contribution is 0.510. The number of pyridine rings is 1. The Morgan fingerprint density at radius 1 is 1.42 bits per heavy atom. The van der Waals surface area contributed by atoms with Crippen LogP contribution < -0.4 is 5.32 Å². The monoisotopic (exact) mass is 279 g/mol. The minimum Gasteiger partial charge on any atom is -0.308 e. The van der Waals surface area contributed by atoms with E-state index in [2.05, 4.69) is 27.6 Å². The molecule has 102 valence electrons. The Hall–Kier alpha value is -1.33. The second-order valence-corrected chi connectivity index (χ2v) is 5.53. The molecule has 0 aliphatic rings. The quantitative estimate of drug-likeness (QED) is 0.882. The second kappa shape index (κ2) is 6.73. The standard InChI is InChI=1S/C14H18FN3S/c1-3-6-16-14(7-12-9-19-10(2)18-12)13-5-4-11(15)8-17-13/h4-5,8-9,14,16H,3,6-7H2,1-2H3. The fourth-order valence-electron chi connectivity index (χ4n) is 1.90. The van der Waals surface area contributed by atoms with E-state index in [0.29, 0.717) is 0 Å². The van der Waals surface area contributed by atoms with Gasteiger partial charge in [-0.25, -0.2) is 9.37 Å². The topological polar surface area (TPSA) is 37.8 Å². The van der Waals surface area contributed by atoms with Crippen LogP contribution in [-0.4, -0.2) is 16.5 Å². The van der Waals surface area contributed by atoms with E-state index in [1.807, 2.05) is 6.92 Å². The smallest absolute Gasteiger partial charge is 0.141 e. The van der Waals surface area contributed by atoms with Crippen LogP contribution in [0.25, 0.3) is 0 Å². The number of aryl methyl sites for hydroxylation is 1. The first-order valence-corrected chi connectivity index (χ1v) is 7.33. The number of nitrogens with one attached hydrogen (secondary N) is 1. The fraction of sp³-hybridized carbons (Fsp3) is 0.429. The molecule has 0 fully saturated rings. The van der Waals surface area contributed by atoms with Crippen molar-refractivity contribution in [3.05, 3.63) is 45.9 Å². The summed E-state index contributed by atoms with van der Waals surface area (Å²) in [6, 6.07) is 3.28. The van der Waals surface area contributed by atoms with E-state index in [9.17, 15) is 4.39 Å². The summed E-state index contributed by atoms with van der Waals surface area (Å²) in [5.41, 5.74) is 1.92. The molecule has 0 aliphatic carbocycles. The third kappa shape index (κ3) is 4.08. The highest BCUT2D eigenvalue weighted by atomic mass is 32.1. The molecule has 19 heavy (non-hydrogen) atoms. The van der Waals surface area contributed by atoms with Crippen molar-refractivity contribution in [2.24, 2.45) is 0 Å². The van der Waals surface area contributed by atoms with Gasteiger partial charge in [0, 0.05) is 11.8 Å². The minimum atomic E-state index is -0.303. The highest BCUT2D eigenvalue weighted by Crippen LogP contribution is 2.18. The largest absolute Gasteiger partial charge is 0.308 e. The number of thiazole rings is 1. The van der Waals surface area contributed by atoms with Gasteiger partial charge in [-0.2, -0.15) is 0 Å². The molecule has 2 aromatic rings. The summed E-state index contributed by atoms with van der Waals surface area (Å²) < 4.78 is 12.9. The van der Waals surface area contributed by atoms with Crippen molar-refractivity contribution in [1.29, 1.82) is 0 Å². The van der Waals surface area contributed by atoms with Crippen molar-refractivity contribution < 1.29 is 4.39 Å². The number of hydrogen-bond acceptors (Lipinski definition) is 4. The number of aromatic nitrogens is 2. The van der Waals surface area contributed by atoms with Crippen LogP contribution in [0.15, 0.2) is 23.7 Å². The van der Waals surface area contributed by atoms with Crippen LogP contribution in [-0.2, 0) is 6.42 Å². The van der Waals surface area contributed by atoms with Gasteiger partial charge in [-0.05, 0) is 32.0 Å². The first-order valence-electron chi connectivity index (χ1n) is 6.45. The van der Waals surface area contributed by atoms with E-state index in [1.54, 1.807) is 17.4 Å². The predicted molar refractivity (Wildman–Crippen MR) is 75.8 cm³/mol. The molecular weight excluding hydrogens is 261 g/mol. The molecule has 0 spiro atoms. The molecule has 1 unspecified atom stereocenters. The average Bonchev–Trinajstić information content (AvgIpc) is 2.81. The van der Waals surface area contributed by atoms with E-state index in [-0.39, 0.29) is 11.9 Å². The fourth-order valence-corrected chi connectivity index (χ4v) is 2.53. The maximum absolute atomic E-state index is 12.9. The Morgan fingerprint density at radius 2 is 2.26 bits per heavy atom. The average molecular weight is 279 g/mol. The number of rotatable bonds is 6. The highest BCUT2D eigenvalue weighted by molar-refractivity contribution is 7.09. The summed E-state index contributed by atoms with van der Waals surface area (Å²) in [4.78, 5) is 8.65. The molecule has 5 heteroatoms. The van der Waals surface area contributed by atoms with Gasteiger partial charge in [0.15, 0.2) is 0 Å². The van der Waals surface area contributed by atoms with Gasteiger partial charge in [-0.15, -0.1) is 11.3 Å². The lowest BCUT2D eigenvalue weighted by atomic mass is 10.1. The van der Waals surface area contributed by atoms with Crippen molar-refractivity contribution in [3.63, 3.8) is 0 Å². The molecule has 0 saturated heterocycles. The van der Waals surface area contributed by atoms with E-state index in [1.165, 1.54) is 12.3 Å². The van der Waals surface area contributed by atoms with Crippen LogP contribution in [0.3, 0.4) is 0 Å². The molecule has 0 aromatic carbocycles. The van der Waals surface area contributed by atoms with E-state index >= 15 is 0 Å². The molecule has 0 radical (unpaired) electrons. The molecule has 1 N–H and O–H groups in total. The Balaban J connectivity index is 2.13. The Morgan fingerprint density at radius 3 is 2.84 bits per heavy atom. The highest BCUT2D eigenvalue weighted by Gasteiger charge is 2.14. The van der Waals surface area contributed by atoms with E-state index < -0.39 is 0 Å². The third-order valence-corrected chi connectivity index (χ3v) is 3.65. The zero-order valence-electron chi connectivity index (χ0n) is 11.2. The summed E-state index contributed by atoms with van der Waals surface area (Å²) >= 11 is 1.65. The Bertz CT molecular complexity index is 510. The van der Waals surface area contributed by atoms with Gasteiger partial charge in [-0.3, -0.25) is 4.98 Å². The zero-order valence-corrected chi connectivity index (χ0v) is 12.0.